The van der Waals surface area contributed by atoms with Crippen molar-refractivity contribution in [3.05, 3.63) is 11.6 Å². The molecule has 0 radical (unpaired) electrons. The standard InChI is InChI=1S/C15H25N/c1-13(2)10-5-6-11(12(13)9-10)14(3,4)15(16)7-8-15/h6,10,12H,5,7-9,16H2,1-4H3. The highest BCUT2D eigenvalue weighted by atomic mass is 14.9. The molecule has 0 heterocycles. The summed E-state index contributed by atoms with van der Waals surface area (Å²) in [7, 11) is 0. The van der Waals surface area contributed by atoms with E-state index in [1.165, 1.54) is 25.7 Å². The van der Waals surface area contributed by atoms with Gasteiger partial charge in [-0.25, -0.2) is 0 Å². The molecule has 2 N–H and O–H groups in total. The summed E-state index contributed by atoms with van der Waals surface area (Å²) >= 11 is 0. The highest BCUT2D eigenvalue weighted by Gasteiger charge is 2.60. The molecule has 0 aliphatic heterocycles. The molecule has 90 valence electrons. The minimum atomic E-state index is 0.108. The number of hydrogen-bond donors (Lipinski definition) is 1. The van der Waals surface area contributed by atoms with Crippen LogP contribution in [0, 0.1) is 22.7 Å². The van der Waals surface area contributed by atoms with E-state index in [1.54, 1.807) is 5.57 Å². The number of fused-ring (bicyclic) bond motifs is 1. The lowest BCUT2D eigenvalue weighted by atomic mass is 9.45. The molecule has 16 heavy (non-hydrogen) atoms. The molecule has 1 nitrogen and oxygen atoms in total. The molecule has 2 bridgehead atoms. The SMILES string of the molecule is CC1(C)C2CC=C(C(C)(C)C3(N)CC3)C1C2. The number of hydrogen-bond acceptors (Lipinski definition) is 1. The maximum Gasteiger partial charge on any atom is 0.0245 e. The van der Waals surface area contributed by atoms with Crippen LogP contribution in [-0.4, -0.2) is 5.54 Å². The van der Waals surface area contributed by atoms with Gasteiger partial charge in [0.15, 0.2) is 0 Å². The van der Waals surface area contributed by atoms with Gasteiger partial charge in [-0.15, -0.1) is 0 Å². The minimum absolute atomic E-state index is 0.108. The summed E-state index contributed by atoms with van der Waals surface area (Å²) in [5, 5.41) is 0. The summed E-state index contributed by atoms with van der Waals surface area (Å²) in [6.45, 7) is 9.65. The Hall–Kier alpha value is -0.300. The van der Waals surface area contributed by atoms with E-state index in [-0.39, 0.29) is 11.0 Å². The molecule has 0 aromatic heterocycles. The van der Waals surface area contributed by atoms with Crippen molar-refractivity contribution in [1.82, 2.24) is 0 Å². The third-order valence-corrected chi connectivity index (χ3v) is 6.22. The van der Waals surface area contributed by atoms with Crippen LogP contribution in [0.2, 0.25) is 0 Å². The summed E-state index contributed by atoms with van der Waals surface area (Å²) in [5.41, 5.74) is 9.03. The second-order valence-electron chi connectivity index (χ2n) is 7.48. The Bertz CT molecular complexity index is 358. The summed E-state index contributed by atoms with van der Waals surface area (Å²) < 4.78 is 0. The smallest absolute Gasteiger partial charge is 0.0245 e. The van der Waals surface area contributed by atoms with Gasteiger partial charge < -0.3 is 5.73 Å². The maximum atomic E-state index is 6.48. The van der Waals surface area contributed by atoms with Crippen LogP contribution in [-0.2, 0) is 0 Å². The normalized spacial score (nSPS) is 38.7. The van der Waals surface area contributed by atoms with E-state index in [0.717, 1.165) is 11.8 Å². The van der Waals surface area contributed by atoms with Crippen molar-refractivity contribution in [2.24, 2.45) is 28.4 Å². The largest absolute Gasteiger partial charge is 0.324 e. The summed E-state index contributed by atoms with van der Waals surface area (Å²) in [6.07, 6.45) is 7.66. The first kappa shape index (κ1) is 10.8. The zero-order chi connectivity index (χ0) is 11.8. The van der Waals surface area contributed by atoms with E-state index >= 15 is 0 Å². The molecule has 0 spiro atoms. The third-order valence-electron chi connectivity index (χ3n) is 6.22. The highest BCUT2D eigenvalue weighted by Crippen LogP contribution is 2.65. The summed E-state index contributed by atoms with van der Waals surface area (Å²) in [5.74, 6) is 1.74. The lowest BCUT2D eigenvalue weighted by Crippen LogP contribution is -2.54. The first-order chi connectivity index (χ1) is 7.29. The van der Waals surface area contributed by atoms with Gasteiger partial charge in [0.2, 0.25) is 0 Å². The van der Waals surface area contributed by atoms with Crippen LogP contribution < -0.4 is 5.73 Å². The molecule has 2 fully saturated rings. The quantitative estimate of drug-likeness (QED) is 0.707. The van der Waals surface area contributed by atoms with Crippen molar-refractivity contribution in [1.29, 1.82) is 0 Å². The topological polar surface area (TPSA) is 26.0 Å². The van der Waals surface area contributed by atoms with Crippen LogP contribution in [0.4, 0.5) is 0 Å². The number of nitrogens with two attached hydrogens (primary N) is 1. The fraction of sp³-hybridized carbons (Fsp3) is 0.867. The lowest BCUT2D eigenvalue weighted by molar-refractivity contribution is -0.0220. The maximum absolute atomic E-state index is 6.48. The van der Waals surface area contributed by atoms with Crippen molar-refractivity contribution in [3.63, 3.8) is 0 Å². The van der Waals surface area contributed by atoms with Crippen LogP contribution in [0.5, 0.6) is 0 Å². The predicted molar refractivity (Wildman–Crippen MR) is 68.0 cm³/mol. The van der Waals surface area contributed by atoms with E-state index in [9.17, 15) is 0 Å². The number of rotatable bonds is 2. The zero-order valence-corrected chi connectivity index (χ0v) is 11.1. The van der Waals surface area contributed by atoms with Crippen LogP contribution in [0.1, 0.15) is 53.4 Å². The average Bonchev–Trinajstić information content (AvgIpc) is 2.98. The van der Waals surface area contributed by atoms with Crippen LogP contribution >= 0.6 is 0 Å². The van der Waals surface area contributed by atoms with Crippen molar-refractivity contribution in [3.8, 4) is 0 Å². The number of allylic oxidation sites excluding steroid dienone is 1. The second kappa shape index (κ2) is 2.75. The Morgan fingerprint density at radius 2 is 1.94 bits per heavy atom. The van der Waals surface area contributed by atoms with E-state index in [4.69, 9.17) is 5.73 Å². The van der Waals surface area contributed by atoms with Gasteiger partial charge in [-0.2, -0.15) is 0 Å². The molecule has 4 rings (SSSR count). The van der Waals surface area contributed by atoms with Gasteiger partial charge >= 0.3 is 0 Å². The molecule has 0 saturated heterocycles. The fourth-order valence-corrected chi connectivity index (χ4v) is 4.09. The molecule has 2 unspecified atom stereocenters. The molecule has 2 saturated carbocycles. The van der Waals surface area contributed by atoms with E-state index in [2.05, 4.69) is 33.8 Å². The summed E-state index contributed by atoms with van der Waals surface area (Å²) in [6, 6.07) is 0. The molecule has 0 amide bonds. The van der Waals surface area contributed by atoms with Gasteiger partial charge in [0.05, 0.1) is 0 Å². The van der Waals surface area contributed by atoms with Gasteiger partial charge in [0.25, 0.3) is 0 Å². The van der Waals surface area contributed by atoms with Crippen molar-refractivity contribution < 1.29 is 0 Å². The molecule has 1 heteroatoms. The monoisotopic (exact) mass is 219 g/mol. The first-order valence-corrected chi connectivity index (χ1v) is 6.78. The molecule has 2 atom stereocenters. The van der Waals surface area contributed by atoms with Crippen LogP contribution in [0.25, 0.3) is 0 Å². The predicted octanol–water partition coefficient (Wildman–Crippen LogP) is 3.50. The molecular weight excluding hydrogens is 194 g/mol. The highest BCUT2D eigenvalue weighted by molar-refractivity contribution is 5.34. The zero-order valence-electron chi connectivity index (χ0n) is 11.1. The Balaban J connectivity index is 1.94. The van der Waals surface area contributed by atoms with Crippen LogP contribution in [0.3, 0.4) is 0 Å². The van der Waals surface area contributed by atoms with Gasteiger partial charge in [-0.05, 0) is 42.9 Å². The average molecular weight is 219 g/mol. The lowest BCUT2D eigenvalue weighted by Gasteiger charge is -2.60. The minimum Gasteiger partial charge on any atom is -0.324 e. The molecule has 0 aromatic rings. The molecule has 0 aromatic carbocycles. The van der Waals surface area contributed by atoms with Crippen molar-refractivity contribution >= 4 is 0 Å². The van der Waals surface area contributed by atoms with Gasteiger partial charge in [0.1, 0.15) is 0 Å². The summed E-state index contributed by atoms with van der Waals surface area (Å²) in [4.78, 5) is 0. The van der Waals surface area contributed by atoms with Crippen molar-refractivity contribution in [2.45, 2.75) is 58.9 Å². The Labute approximate surface area is 99.5 Å². The molecule has 4 aliphatic rings. The molecule has 4 aliphatic carbocycles. The third kappa shape index (κ3) is 1.11. The fourth-order valence-electron chi connectivity index (χ4n) is 4.09. The van der Waals surface area contributed by atoms with E-state index in [0.29, 0.717) is 5.41 Å². The van der Waals surface area contributed by atoms with Gasteiger partial charge in [0, 0.05) is 11.0 Å². The van der Waals surface area contributed by atoms with E-state index < -0.39 is 0 Å². The van der Waals surface area contributed by atoms with Crippen molar-refractivity contribution in [2.75, 3.05) is 0 Å². The Kier molecular flexibility index (Phi) is 1.86. The second-order valence-corrected chi connectivity index (χ2v) is 7.48. The van der Waals surface area contributed by atoms with E-state index in [1.807, 2.05) is 0 Å². The van der Waals surface area contributed by atoms with Gasteiger partial charge in [-0.3, -0.25) is 0 Å². The van der Waals surface area contributed by atoms with Gasteiger partial charge in [-0.1, -0.05) is 39.3 Å². The first-order valence-electron chi connectivity index (χ1n) is 6.78. The molecular formula is C15H25N. The van der Waals surface area contributed by atoms with Crippen LogP contribution in [0.15, 0.2) is 11.6 Å². The Morgan fingerprint density at radius 1 is 1.31 bits per heavy atom. The Morgan fingerprint density at radius 3 is 2.38 bits per heavy atom.